The van der Waals surface area contributed by atoms with Gasteiger partial charge in [0.05, 0.1) is 18.8 Å². The van der Waals surface area contributed by atoms with Crippen LogP contribution < -0.4 is 92.9 Å². The number of primary amides is 1. The quantitative estimate of drug-likeness (QED) is 0.0116. The molecule has 0 fully saturated rings. The predicted octanol–water partition coefficient (Wildman–Crippen LogP) is -7.94. The molecule has 12 amide bonds. The van der Waals surface area contributed by atoms with E-state index in [9.17, 15) is 82.4 Å². The number of nitrogens with zero attached hydrogens (tertiary/aromatic N) is 1. The van der Waals surface area contributed by atoms with Crippen LogP contribution in [-0.2, 0) is 67.1 Å². The highest BCUT2D eigenvalue weighted by molar-refractivity contribution is 5.99. The van der Waals surface area contributed by atoms with Crippen LogP contribution >= 0.6 is 0 Å². The van der Waals surface area contributed by atoms with Gasteiger partial charge >= 0.3 is 11.9 Å². The van der Waals surface area contributed by atoms with Gasteiger partial charge in [-0.05, 0) is 124 Å². The molecule has 27 N–H and O–H groups in total. The Labute approximate surface area is 522 Å². The second-order valence-electron chi connectivity index (χ2n) is 22.0. The minimum absolute atomic E-state index is 0.00630. The van der Waals surface area contributed by atoms with Crippen molar-refractivity contribution in [2.75, 3.05) is 32.8 Å². The molecule has 0 heterocycles. The monoisotopic (exact) mass is 1290 g/mol. The largest absolute Gasteiger partial charge is 0.481 e. The summed E-state index contributed by atoms with van der Waals surface area (Å²) in [4.78, 5) is 186. The number of carboxylic acids is 2. The second-order valence-corrected chi connectivity index (χ2v) is 22.0. The first-order valence-corrected chi connectivity index (χ1v) is 29.7. The lowest BCUT2D eigenvalue weighted by Gasteiger charge is -2.28. The number of carboxylic acid groups (broad SMARTS) is 2. The van der Waals surface area contributed by atoms with E-state index in [0.717, 1.165) is 6.92 Å². The highest BCUT2D eigenvalue weighted by atomic mass is 16.4. The Balaban J connectivity index is 6.55. The van der Waals surface area contributed by atoms with Gasteiger partial charge in [0.1, 0.15) is 66.8 Å². The molecule has 0 bridgehead atoms. The SMILES string of the molecule is CC(C)C[C@H](NC(=O)[C@H](CCC(N)=O)NC(=O)[C@@H](N)CCCCN)C(=O)N[C@@H](C)C(=O)N[C@H](C(=O)N[C@@H](CCCCNC(=O)CC(=O)O)C(=O)N[C@@H](C)C(=O)N[C@@H](C)C(=O)N[C@@H](CCCN=C(N)N)C(=O)N[C@@H](CCCCN)C(=O)N[C@@H](CO)C(=O)O)[C@@H](C)O. The number of carbonyl (C=O) groups excluding carboxylic acids is 12. The number of unbranched alkanes of at least 4 members (excludes halogenated alkanes) is 3. The first-order chi connectivity index (χ1) is 42.2. The molecule has 0 aromatic heterocycles. The molecule has 0 unspecified atom stereocenters. The van der Waals surface area contributed by atoms with Crippen LogP contribution in [0.3, 0.4) is 0 Å². The van der Waals surface area contributed by atoms with Gasteiger partial charge in [0.25, 0.3) is 0 Å². The van der Waals surface area contributed by atoms with Crippen LogP contribution in [0.15, 0.2) is 4.99 Å². The van der Waals surface area contributed by atoms with Crippen LogP contribution in [0.25, 0.3) is 0 Å². The lowest BCUT2D eigenvalue weighted by atomic mass is 10.0. The van der Waals surface area contributed by atoms with E-state index in [1.165, 1.54) is 20.8 Å². The molecule has 0 radical (unpaired) electrons. The molecule has 12 atom stereocenters. The van der Waals surface area contributed by atoms with Gasteiger partial charge in [-0.3, -0.25) is 67.3 Å². The Kier molecular flexibility index (Phi) is 40.1. The summed E-state index contributed by atoms with van der Waals surface area (Å²) in [5, 5.41) is 65.1. The minimum atomic E-state index is -1.82. The maximum atomic E-state index is 14.0. The van der Waals surface area contributed by atoms with E-state index in [0.29, 0.717) is 32.2 Å². The van der Waals surface area contributed by atoms with Gasteiger partial charge in [-0.25, -0.2) is 4.79 Å². The minimum Gasteiger partial charge on any atom is -0.481 e. The highest BCUT2D eigenvalue weighted by Crippen LogP contribution is 2.11. The molecule has 0 saturated heterocycles. The lowest BCUT2D eigenvalue weighted by molar-refractivity contribution is -0.143. The number of carbonyl (C=O) groups is 14. The van der Waals surface area contributed by atoms with Gasteiger partial charge in [-0.15, -0.1) is 0 Å². The summed E-state index contributed by atoms with van der Waals surface area (Å²) in [5.74, 6) is -14.5. The Morgan fingerprint density at radius 3 is 1.32 bits per heavy atom. The maximum Gasteiger partial charge on any atom is 0.328 e. The maximum absolute atomic E-state index is 14.0. The van der Waals surface area contributed by atoms with E-state index < -0.39 is 168 Å². The van der Waals surface area contributed by atoms with Crippen molar-refractivity contribution >= 4 is 88.8 Å². The fourth-order valence-corrected chi connectivity index (χ4v) is 8.29. The molecule has 512 valence electrons. The molecular formula is C54H98N18O18. The Morgan fingerprint density at radius 1 is 0.456 bits per heavy atom. The van der Waals surface area contributed by atoms with Crippen LogP contribution in [0.4, 0.5) is 0 Å². The number of aliphatic carboxylic acids is 2. The molecule has 36 heteroatoms. The fraction of sp³-hybridized carbons (Fsp3) is 0.722. The molecule has 0 aliphatic heterocycles. The van der Waals surface area contributed by atoms with Crippen molar-refractivity contribution in [1.82, 2.24) is 58.5 Å². The van der Waals surface area contributed by atoms with Gasteiger partial charge in [-0.2, -0.15) is 0 Å². The lowest BCUT2D eigenvalue weighted by Crippen LogP contribution is -2.61. The zero-order chi connectivity index (χ0) is 68.8. The molecule has 0 spiro atoms. The third-order valence-corrected chi connectivity index (χ3v) is 13.4. The molecule has 0 aliphatic rings. The number of guanidine groups is 1. The summed E-state index contributed by atoms with van der Waals surface area (Å²) in [7, 11) is 0. The van der Waals surface area contributed by atoms with Gasteiger partial charge < -0.3 is 113 Å². The first kappa shape index (κ1) is 81.7. The van der Waals surface area contributed by atoms with Crippen LogP contribution in [-0.4, -0.2) is 215 Å². The number of nitrogens with two attached hydrogens (primary N) is 6. The summed E-state index contributed by atoms with van der Waals surface area (Å²) in [6.07, 6.45) is -1.12. The van der Waals surface area contributed by atoms with Gasteiger partial charge in [0.15, 0.2) is 5.96 Å². The zero-order valence-electron chi connectivity index (χ0n) is 52.1. The number of amides is 12. The van der Waals surface area contributed by atoms with Gasteiger partial charge in [0, 0.05) is 19.5 Å². The molecular weight excluding hydrogens is 1190 g/mol. The average molecular weight is 1290 g/mol. The number of nitrogens with one attached hydrogen (secondary N) is 11. The van der Waals surface area contributed by atoms with Crippen LogP contribution in [0.2, 0.25) is 0 Å². The number of aliphatic imine (C=N–C) groups is 1. The summed E-state index contributed by atoms with van der Waals surface area (Å²) in [6, 6.07) is -16.0. The van der Waals surface area contributed by atoms with Crippen molar-refractivity contribution < 1.29 is 87.5 Å². The van der Waals surface area contributed by atoms with Crippen LogP contribution in [0.5, 0.6) is 0 Å². The topological polar surface area (TPSA) is 621 Å². The standard InChI is InChI=1S/C54H98N18O18/c1-27(2)24-37(70-50(86)36(18-19-39(58)75)67-46(82)32(57)14-7-10-20-55)51(87)65-30(5)45(81)72-42(31(6)74)52(88)69-33(16-9-12-22-61-40(76)25-41(77)78)47(83)64-28(3)43(79)63-29(4)44(80)66-35(17-13-23-62-54(59)60)48(84)68-34(15-8-11-21-56)49(85)71-38(26-73)53(89)90/h27-38,42,73-74H,7-26,55-57H2,1-6H3,(H2,58,75)(H,61,76)(H,63,79)(H,64,83)(H,65,87)(H,66,80)(H,67,82)(H,68,84)(H,69,88)(H,70,86)(H,71,85)(H,72,81)(H,77,78)(H,89,90)(H4,59,60,62)/t28-,29-,30-,31+,32-,33-,34-,35-,36-,37-,38-,42-/m0/s1. The Morgan fingerprint density at radius 2 is 0.856 bits per heavy atom. The van der Waals surface area contributed by atoms with E-state index in [1.807, 2.05) is 0 Å². The number of hydrogen-bond acceptors (Lipinski definition) is 20. The zero-order valence-corrected chi connectivity index (χ0v) is 52.1. The molecule has 36 nitrogen and oxygen atoms in total. The fourth-order valence-electron chi connectivity index (χ4n) is 8.29. The van der Waals surface area contributed by atoms with Gasteiger partial charge in [-0.1, -0.05) is 20.3 Å². The second kappa shape index (κ2) is 44.2. The smallest absolute Gasteiger partial charge is 0.328 e. The van der Waals surface area contributed by atoms with Crippen molar-refractivity contribution in [1.29, 1.82) is 0 Å². The number of hydrogen-bond donors (Lipinski definition) is 21. The molecule has 0 saturated carbocycles. The van der Waals surface area contributed by atoms with Crippen molar-refractivity contribution in [3.05, 3.63) is 0 Å². The Hall–Kier alpha value is -8.35. The summed E-state index contributed by atoms with van der Waals surface area (Å²) < 4.78 is 0. The van der Waals surface area contributed by atoms with E-state index >= 15 is 0 Å². The highest BCUT2D eigenvalue weighted by Gasteiger charge is 2.36. The Bertz CT molecular complexity index is 2430. The third-order valence-electron chi connectivity index (χ3n) is 13.4. The van der Waals surface area contributed by atoms with Crippen LogP contribution in [0, 0.1) is 5.92 Å². The summed E-state index contributed by atoms with van der Waals surface area (Å²) >= 11 is 0. The molecule has 0 aromatic rings. The number of rotatable bonds is 47. The van der Waals surface area contributed by atoms with Crippen molar-refractivity contribution in [3.8, 4) is 0 Å². The molecule has 0 aromatic carbocycles. The first-order valence-electron chi connectivity index (χ1n) is 29.7. The van der Waals surface area contributed by atoms with Gasteiger partial charge in [0.2, 0.25) is 70.9 Å². The summed E-state index contributed by atoms with van der Waals surface area (Å²) in [5.41, 5.74) is 33.3. The predicted molar refractivity (Wildman–Crippen MR) is 323 cm³/mol. The molecule has 0 rings (SSSR count). The van der Waals surface area contributed by atoms with Crippen molar-refractivity contribution in [2.45, 2.75) is 210 Å². The van der Waals surface area contributed by atoms with E-state index in [4.69, 9.17) is 39.5 Å². The van der Waals surface area contributed by atoms with Crippen molar-refractivity contribution in [3.63, 3.8) is 0 Å². The van der Waals surface area contributed by atoms with E-state index in [1.54, 1.807) is 13.8 Å². The number of aliphatic hydroxyl groups is 2. The molecule has 0 aliphatic carbocycles. The average Bonchev–Trinajstić information content (AvgIpc) is 2.12. The van der Waals surface area contributed by atoms with Crippen molar-refractivity contribution in [2.24, 2.45) is 45.3 Å². The summed E-state index contributed by atoms with van der Waals surface area (Å²) in [6.45, 7) is 7.81. The van der Waals surface area contributed by atoms with E-state index in [-0.39, 0.29) is 95.7 Å². The van der Waals surface area contributed by atoms with E-state index in [2.05, 4.69) is 63.5 Å². The third kappa shape index (κ3) is 34.4. The normalized spacial score (nSPS) is 15.0. The number of aliphatic hydroxyl groups excluding tert-OH is 2. The molecule has 90 heavy (non-hydrogen) atoms. The van der Waals surface area contributed by atoms with Crippen LogP contribution in [0.1, 0.15) is 138 Å².